The molecule has 0 aliphatic carbocycles. The summed E-state index contributed by atoms with van der Waals surface area (Å²) in [6.07, 6.45) is 6.71. The van der Waals surface area contributed by atoms with Crippen LogP contribution < -0.4 is 5.32 Å². The fraction of sp³-hybridized carbons (Fsp3) is 0.652. The Kier molecular flexibility index (Phi) is 7.90. The van der Waals surface area contributed by atoms with Gasteiger partial charge in [0.2, 0.25) is 11.8 Å². The van der Waals surface area contributed by atoms with Crippen LogP contribution in [-0.2, 0) is 16.1 Å². The lowest BCUT2D eigenvalue weighted by Gasteiger charge is -2.27. The van der Waals surface area contributed by atoms with Crippen LogP contribution in [0.1, 0.15) is 57.4 Å². The van der Waals surface area contributed by atoms with Gasteiger partial charge in [-0.05, 0) is 50.1 Å². The topological polar surface area (TPSA) is 52.7 Å². The molecule has 0 spiro atoms. The molecule has 2 amide bonds. The van der Waals surface area contributed by atoms with E-state index in [4.69, 9.17) is 0 Å². The number of nitrogens with zero attached hydrogens (tertiary/aromatic N) is 2. The Bertz CT molecular complexity index is 634. The first-order chi connectivity index (χ1) is 13.7. The number of rotatable bonds is 7. The highest BCUT2D eigenvalue weighted by atomic mass is 16.2. The van der Waals surface area contributed by atoms with E-state index >= 15 is 0 Å². The lowest BCUT2D eigenvalue weighted by Crippen LogP contribution is -2.47. The fourth-order valence-electron chi connectivity index (χ4n) is 4.53. The maximum absolute atomic E-state index is 12.7. The normalized spacial score (nSPS) is 23.4. The number of nitrogens with one attached hydrogen (secondary N) is 1. The summed E-state index contributed by atoms with van der Waals surface area (Å²) < 4.78 is 0. The molecule has 0 aromatic heterocycles. The lowest BCUT2D eigenvalue weighted by molar-refractivity contribution is -0.138. The zero-order valence-corrected chi connectivity index (χ0v) is 17.2. The molecule has 28 heavy (non-hydrogen) atoms. The van der Waals surface area contributed by atoms with Crippen molar-refractivity contribution in [3.05, 3.63) is 35.9 Å². The van der Waals surface area contributed by atoms with Gasteiger partial charge in [-0.2, -0.15) is 0 Å². The predicted molar refractivity (Wildman–Crippen MR) is 112 cm³/mol. The minimum Gasteiger partial charge on any atom is -0.354 e. The monoisotopic (exact) mass is 385 g/mol. The first-order valence-electron chi connectivity index (χ1n) is 11.0. The second kappa shape index (κ2) is 10.6. The van der Waals surface area contributed by atoms with Crippen molar-refractivity contribution >= 4 is 11.8 Å². The largest absolute Gasteiger partial charge is 0.354 e. The molecular formula is C23H35N3O2. The Morgan fingerprint density at radius 3 is 2.68 bits per heavy atom. The summed E-state index contributed by atoms with van der Waals surface area (Å²) in [6.45, 7) is 6.59. The molecule has 2 heterocycles. The zero-order valence-electron chi connectivity index (χ0n) is 17.2. The van der Waals surface area contributed by atoms with Crippen LogP contribution in [0.3, 0.4) is 0 Å². The van der Waals surface area contributed by atoms with Crippen LogP contribution in [0.15, 0.2) is 30.3 Å². The van der Waals surface area contributed by atoms with Gasteiger partial charge < -0.3 is 10.2 Å². The van der Waals surface area contributed by atoms with E-state index < -0.39 is 0 Å². The van der Waals surface area contributed by atoms with Crippen molar-refractivity contribution in [3.8, 4) is 0 Å². The standard InChI is InChI=1S/C23H35N3O2/c1-2-9-22(27)26-15-8-13-21(26)23(28)24-16-20-12-6-7-14-25(18-20)17-19-10-4-3-5-11-19/h3-5,10-11,20-21H,2,6-9,12-18H2,1H3,(H,24,28)/t20-,21-/m0/s1. The van der Waals surface area contributed by atoms with Crippen LogP contribution in [0.25, 0.3) is 0 Å². The summed E-state index contributed by atoms with van der Waals surface area (Å²) in [5.74, 6) is 0.654. The molecular weight excluding hydrogens is 350 g/mol. The molecule has 0 bridgehead atoms. The quantitative estimate of drug-likeness (QED) is 0.784. The maximum Gasteiger partial charge on any atom is 0.242 e. The number of likely N-dealkylation sites (tertiary alicyclic amines) is 2. The highest BCUT2D eigenvalue weighted by Crippen LogP contribution is 2.21. The van der Waals surface area contributed by atoms with E-state index in [2.05, 4.69) is 40.5 Å². The first kappa shape index (κ1) is 20.8. The summed E-state index contributed by atoms with van der Waals surface area (Å²) in [4.78, 5) is 29.3. The van der Waals surface area contributed by atoms with Gasteiger partial charge >= 0.3 is 0 Å². The predicted octanol–water partition coefficient (Wildman–Crippen LogP) is 3.20. The van der Waals surface area contributed by atoms with Crippen LogP contribution >= 0.6 is 0 Å². The molecule has 0 saturated carbocycles. The Morgan fingerprint density at radius 1 is 1.07 bits per heavy atom. The molecule has 0 radical (unpaired) electrons. The summed E-state index contributed by atoms with van der Waals surface area (Å²) >= 11 is 0. The molecule has 1 aromatic rings. The van der Waals surface area contributed by atoms with Crippen LogP contribution in [0.5, 0.6) is 0 Å². The molecule has 3 rings (SSSR count). The van der Waals surface area contributed by atoms with Crippen molar-refractivity contribution in [2.45, 2.75) is 64.5 Å². The zero-order chi connectivity index (χ0) is 19.8. The molecule has 2 fully saturated rings. The van der Waals surface area contributed by atoms with Gasteiger partial charge in [0.25, 0.3) is 0 Å². The Labute approximate surface area is 169 Å². The number of hydrogen-bond acceptors (Lipinski definition) is 3. The molecule has 154 valence electrons. The summed E-state index contributed by atoms with van der Waals surface area (Å²) in [7, 11) is 0. The number of carbonyl (C=O) groups excluding carboxylic acids is 2. The van der Waals surface area contributed by atoms with Gasteiger partial charge in [-0.3, -0.25) is 14.5 Å². The number of benzene rings is 1. The van der Waals surface area contributed by atoms with Gasteiger partial charge in [-0.15, -0.1) is 0 Å². The molecule has 2 aliphatic heterocycles. The first-order valence-corrected chi connectivity index (χ1v) is 11.0. The smallest absolute Gasteiger partial charge is 0.242 e. The SMILES string of the molecule is CCCC(=O)N1CCC[C@H]1C(=O)NC[C@@H]1CCCCN(Cc2ccccc2)C1. The van der Waals surface area contributed by atoms with Crippen molar-refractivity contribution in [1.82, 2.24) is 15.1 Å². The van der Waals surface area contributed by atoms with Crippen molar-refractivity contribution in [1.29, 1.82) is 0 Å². The third kappa shape index (κ3) is 5.81. The van der Waals surface area contributed by atoms with Crippen molar-refractivity contribution in [2.75, 3.05) is 26.2 Å². The van der Waals surface area contributed by atoms with Crippen LogP contribution in [0.2, 0.25) is 0 Å². The van der Waals surface area contributed by atoms with E-state index in [9.17, 15) is 9.59 Å². The van der Waals surface area contributed by atoms with E-state index in [0.29, 0.717) is 12.3 Å². The van der Waals surface area contributed by atoms with E-state index in [0.717, 1.165) is 58.4 Å². The number of hydrogen-bond donors (Lipinski definition) is 1. The second-order valence-electron chi connectivity index (χ2n) is 8.32. The minimum atomic E-state index is -0.259. The lowest BCUT2D eigenvalue weighted by atomic mass is 10.0. The third-order valence-corrected chi connectivity index (χ3v) is 6.01. The van der Waals surface area contributed by atoms with Gasteiger partial charge in [0.05, 0.1) is 0 Å². The third-order valence-electron chi connectivity index (χ3n) is 6.01. The molecule has 5 nitrogen and oxygen atoms in total. The van der Waals surface area contributed by atoms with E-state index in [1.807, 2.05) is 6.92 Å². The van der Waals surface area contributed by atoms with E-state index in [1.165, 1.54) is 18.4 Å². The number of carbonyl (C=O) groups is 2. The van der Waals surface area contributed by atoms with Crippen molar-refractivity contribution in [3.63, 3.8) is 0 Å². The summed E-state index contributed by atoms with van der Waals surface area (Å²) in [6, 6.07) is 10.4. The highest BCUT2D eigenvalue weighted by Gasteiger charge is 2.33. The van der Waals surface area contributed by atoms with Crippen LogP contribution in [0, 0.1) is 5.92 Å². The van der Waals surface area contributed by atoms with Gasteiger partial charge in [0.15, 0.2) is 0 Å². The molecule has 1 aromatic carbocycles. The van der Waals surface area contributed by atoms with Crippen molar-refractivity contribution < 1.29 is 9.59 Å². The van der Waals surface area contributed by atoms with Crippen LogP contribution in [-0.4, -0.2) is 53.8 Å². The average Bonchev–Trinajstić information content (AvgIpc) is 3.09. The maximum atomic E-state index is 12.7. The average molecular weight is 386 g/mol. The summed E-state index contributed by atoms with van der Waals surface area (Å²) in [5, 5.41) is 3.17. The molecule has 2 aliphatic rings. The van der Waals surface area contributed by atoms with Gasteiger partial charge in [0, 0.05) is 32.6 Å². The summed E-state index contributed by atoms with van der Waals surface area (Å²) in [5.41, 5.74) is 1.35. The molecule has 2 atom stereocenters. The molecule has 0 unspecified atom stereocenters. The van der Waals surface area contributed by atoms with E-state index in [1.54, 1.807) is 4.90 Å². The minimum absolute atomic E-state index is 0.0424. The second-order valence-corrected chi connectivity index (χ2v) is 8.32. The van der Waals surface area contributed by atoms with Crippen LogP contribution in [0.4, 0.5) is 0 Å². The Morgan fingerprint density at radius 2 is 1.89 bits per heavy atom. The Balaban J connectivity index is 1.49. The molecule has 1 N–H and O–H groups in total. The molecule has 5 heteroatoms. The highest BCUT2D eigenvalue weighted by molar-refractivity contribution is 5.88. The Hall–Kier alpha value is -1.88. The fourth-order valence-corrected chi connectivity index (χ4v) is 4.53. The van der Waals surface area contributed by atoms with Crippen molar-refractivity contribution in [2.24, 2.45) is 5.92 Å². The molecule has 2 saturated heterocycles. The van der Waals surface area contributed by atoms with Gasteiger partial charge in [-0.1, -0.05) is 43.7 Å². The number of amides is 2. The van der Waals surface area contributed by atoms with Gasteiger partial charge in [-0.25, -0.2) is 0 Å². The van der Waals surface area contributed by atoms with Gasteiger partial charge in [0.1, 0.15) is 6.04 Å². The van der Waals surface area contributed by atoms with E-state index in [-0.39, 0.29) is 17.9 Å².